The number of nitrogens with zero attached hydrogens (tertiary/aromatic N) is 2. The molecule has 2 heterocycles. The summed E-state index contributed by atoms with van der Waals surface area (Å²) in [6, 6.07) is 4.45. The van der Waals surface area contributed by atoms with E-state index in [1.165, 1.54) is 25.0 Å². The lowest BCUT2D eigenvalue weighted by Crippen LogP contribution is -2.50. The van der Waals surface area contributed by atoms with E-state index in [0.29, 0.717) is 43.0 Å². The Hall–Kier alpha value is -3.67. The monoisotopic (exact) mass is 493 g/mol. The van der Waals surface area contributed by atoms with Crippen LogP contribution >= 0.6 is 0 Å². The van der Waals surface area contributed by atoms with Gasteiger partial charge < -0.3 is 34.1 Å². The van der Waals surface area contributed by atoms with Gasteiger partial charge in [0.25, 0.3) is 5.91 Å². The van der Waals surface area contributed by atoms with Gasteiger partial charge >= 0.3 is 12.1 Å². The molecule has 1 saturated heterocycles. The van der Waals surface area contributed by atoms with Crippen LogP contribution in [0.4, 0.5) is 14.9 Å². The van der Waals surface area contributed by atoms with Crippen molar-refractivity contribution < 1.29 is 42.5 Å². The molecule has 1 aromatic carbocycles. The summed E-state index contributed by atoms with van der Waals surface area (Å²) < 4.78 is 34.4. The Labute approximate surface area is 201 Å². The molecule has 35 heavy (non-hydrogen) atoms. The normalized spacial score (nSPS) is 17.8. The van der Waals surface area contributed by atoms with E-state index in [1.807, 2.05) is 0 Å². The van der Waals surface area contributed by atoms with Crippen LogP contribution < -0.4 is 10.2 Å². The van der Waals surface area contributed by atoms with Gasteiger partial charge in [-0.2, -0.15) is 0 Å². The van der Waals surface area contributed by atoms with Gasteiger partial charge in [0.05, 0.1) is 17.9 Å². The van der Waals surface area contributed by atoms with Crippen molar-refractivity contribution in [2.24, 2.45) is 0 Å². The Kier molecular flexibility index (Phi) is 8.63. The summed E-state index contributed by atoms with van der Waals surface area (Å²) in [7, 11) is 1.46. The van der Waals surface area contributed by atoms with E-state index in [1.54, 1.807) is 24.0 Å². The van der Waals surface area contributed by atoms with Gasteiger partial charge in [-0.05, 0) is 24.6 Å². The van der Waals surface area contributed by atoms with Crippen molar-refractivity contribution in [2.75, 3.05) is 58.0 Å². The highest BCUT2D eigenvalue weighted by molar-refractivity contribution is 6.19. The van der Waals surface area contributed by atoms with Gasteiger partial charge in [-0.15, -0.1) is 0 Å². The minimum Gasteiger partial charge on any atom is -0.434 e. The van der Waals surface area contributed by atoms with Crippen LogP contribution in [-0.2, 0) is 33.3 Å². The molecule has 2 aliphatic rings. The van der Waals surface area contributed by atoms with Crippen LogP contribution in [0.25, 0.3) is 5.57 Å². The second-order valence-electron chi connectivity index (χ2n) is 7.96. The van der Waals surface area contributed by atoms with E-state index in [0.717, 1.165) is 0 Å². The third kappa shape index (κ3) is 6.47. The third-order valence-corrected chi connectivity index (χ3v) is 5.58. The molecular formula is C23H28FN3O8. The van der Waals surface area contributed by atoms with Gasteiger partial charge in [0.2, 0.25) is 5.91 Å². The Morgan fingerprint density at radius 2 is 1.86 bits per heavy atom. The van der Waals surface area contributed by atoms with Crippen LogP contribution in [0.1, 0.15) is 19.4 Å². The molecule has 1 atom stereocenters. The number of hydrogen-bond acceptors (Lipinski definition) is 9. The molecule has 1 N–H and O–H groups in total. The van der Waals surface area contributed by atoms with E-state index < -0.39 is 30.8 Å². The number of carbonyl (C=O) groups is 4. The summed E-state index contributed by atoms with van der Waals surface area (Å²) in [4.78, 5) is 50.6. The van der Waals surface area contributed by atoms with Gasteiger partial charge in [-0.3, -0.25) is 9.59 Å². The van der Waals surface area contributed by atoms with Crippen molar-refractivity contribution in [1.29, 1.82) is 0 Å². The first-order chi connectivity index (χ1) is 16.7. The summed E-state index contributed by atoms with van der Waals surface area (Å²) in [5.41, 5.74) is 1.39. The number of carbonyl (C=O) groups excluding carboxylic acids is 4. The quantitative estimate of drug-likeness (QED) is 0.418. The summed E-state index contributed by atoms with van der Waals surface area (Å²) in [5.74, 6) is -1.89. The average molecular weight is 493 g/mol. The van der Waals surface area contributed by atoms with E-state index >= 15 is 0 Å². The zero-order valence-electron chi connectivity index (χ0n) is 19.8. The standard InChI is InChI=1S/C23H28FN3O8/c1-14-20(22(30)35-21(14)25-15(2)28)16-4-5-18(17(24)12-16)26-6-8-27(9-7-26)19(29)13-34-23(31)33-11-10-32-3/h4-5,12,21H,6-11,13H2,1-3H3,(H,25,28)/t21-/m1/s1. The maximum atomic E-state index is 15.0. The zero-order valence-corrected chi connectivity index (χ0v) is 19.8. The number of ether oxygens (including phenoxy) is 4. The number of methoxy groups -OCH3 is 1. The summed E-state index contributed by atoms with van der Waals surface area (Å²) in [6.07, 6.45) is -1.82. The first-order valence-corrected chi connectivity index (χ1v) is 11.0. The molecule has 0 spiro atoms. The molecule has 0 saturated carbocycles. The zero-order chi connectivity index (χ0) is 25.5. The molecule has 3 rings (SSSR count). The summed E-state index contributed by atoms with van der Waals surface area (Å²) in [6.45, 7) is 4.14. The number of halogens is 1. The molecular weight excluding hydrogens is 465 g/mol. The van der Waals surface area contributed by atoms with Crippen LogP contribution in [-0.4, -0.2) is 88.2 Å². The van der Waals surface area contributed by atoms with Crippen molar-refractivity contribution in [3.63, 3.8) is 0 Å². The van der Waals surface area contributed by atoms with E-state index in [-0.39, 0.29) is 30.6 Å². The first kappa shape index (κ1) is 25.9. The number of anilines is 1. The lowest BCUT2D eigenvalue weighted by molar-refractivity contribution is -0.140. The Bertz CT molecular complexity index is 1020. The highest BCUT2D eigenvalue weighted by Crippen LogP contribution is 2.32. The van der Waals surface area contributed by atoms with Crippen LogP contribution in [0.15, 0.2) is 23.8 Å². The van der Waals surface area contributed by atoms with Crippen LogP contribution in [0.3, 0.4) is 0 Å². The number of benzene rings is 1. The lowest BCUT2D eigenvalue weighted by Gasteiger charge is -2.36. The first-order valence-electron chi connectivity index (χ1n) is 11.0. The number of esters is 1. The fourth-order valence-corrected chi connectivity index (χ4v) is 3.79. The number of rotatable bonds is 8. The molecule has 2 aliphatic heterocycles. The second kappa shape index (κ2) is 11.6. The number of amides is 2. The van der Waals surface area contributed by atoms with Crippen molar-refractivity contribution in [3.05, 3.63) is 35.2 Å². The van der Waals surface area contributed by atoms with Gasteiger partial charge in [-0.1, -0.05) is 6.07 Å². The van der Waals surface area contributed by atoms with Crippen molar-refractivity contribution in [1.82, 2.24) is 10.2 Å². The molecule has 1 fully saturated rings. The Balaban J connectivity index is 1.57. The molecule has 1 aromatic rings. The summed E-state index contributed by atoms with van der Waals surface area (Å²) in [5, 5.41) is 2.53. The second-order valence-corrected chi connectivity index (χ2v) is 7.96. The molecule has 0 aromatic heterocycles. The third-order valence-electron chi connectivity index (χ3n) is 5.58. The largest absolute Gasteiger partial charge is 0.508 e. The van der Waals surface area contributed by atoms with Crippen molar-refractivity contribution >= 4 is 35.2 Å². The van der Waals surface area contributed by atoms with Crippen LogP contribution in [0.5, 0.6) is 0 Å². The maximum Gasteiger partial charge on any atom is 0.508 e. The van der Waals surface area contributed by atoms with E-state index in [2.05, 4.69) is 5.32 Å². The van der Waals surface area contributed by atoms with Crippen molar-refractivity contribution in [2.45, 2.75) is 20.1 Å². The molecule has 0 radical (unpaired) electrons. The SMILES string of the molecule is COCCOC(=O)OCC(=O)N1CCN(c2ccc(C3=C(C)[C@H](NC(C)=O)OC3=O)cc2F)CC1. The van der Waals surface area contributed by atoms with Gasteiger partial charge in [-0.25, -0.2) is 14.0 Å². The van der Waals surface area contributed by atoms with Crippen molar-refractivity contribution in [3.8, 4) is 0 Å². The van der Waals surface area contributed by atoms with E-state index in [4.69, 9.17) is 18.9 Å². The average Bonchev–Trinajstić information content (AvgIpc) is 3.09. The number of cyclic esters (lactones) is 1. The maximum absolute atomic E-state index is 15.0. The minimum atomic E-state index is -0.948. The number of piperazine rings is 1. The van der Waals surface area contributed by atoms with Gasteiger partial charge in [0, 0.05) is 45.8 Å². The number of hydrogen-bond donors (Lipinski definition) is 1. The minimum absolute atomic E-state index is 0.0282. The van der Waals surface area contributed by atoms with Crippen LogP contribution in [0, 0.1) is 5.82 Å². The lowest BCUT2D eigenvalue weighted by atomic mass is 10.0. The fraction of sp³-hybridized carbons (Fsp3) is 0.478. The summed E-state index contributed by atoms with van der Waals surface area (Å²) >= 11 is 0. The highest BCUT2D eigenvalue weighted by Gasteiger charge is 2.33. The highest BCUT2D eigenvalue weighted by atomic mass is 19.1. The molecule has 12 heteroatoms. The molecule has 0 unspecified atom stereocenters. The molecule has 2 amide bonds. The van der Waals surface area contributed by atoms with E-state index in [9.17, 15) is 23.6 Å². The predicted octanol–water partition coefficient (Wildman–Crippen LogP) is 1.07. The number of nitrogens with one attached hydrogen (secondary N) is 1. The smallest absolute Gasteiger partial charge is 0.434 e. The molecule has 11 nitrogen and oxygen atoms in total. The van der Waals surface area contributed by atoms with Gasteiger partial charge in [0.15, 0.2) is 12.8 Å². The molecule has 0 bridgehead atoms. The molecule has 190 valence electrons. The Morgan fingerprint density at radius 3 is 2.49 bits per heavy atom. The van der Waals surface area contributed by atoms with Gasteiger partial charge in [0.1, 0.15) is 12.4 Å². The fourth-order valence-electron chi connectivity index (χ4n) is 3.79. The Morgan fingerprint density at radius 1 is 1.14 bits per heavy atom. The van der Waals surface area contributed by atoms with Crippen LogP contribution in [0.2, 0.25) is 0 Å². The predicted molar refractivity (Wildman–Crippen MR) is 121 cm³/mol. The topological polar surface area (TPSA) is 124 Å². The molecule has 0 aliphatic carbocycles.